The van der Waals surface area contributed by atoms with Gasteiger partial charge in [-0.2, -0.15) is 0 Å². The van der Waals surface area contributed by atoms with E-state index < -0.39 is 0 Å². The van der Waals surface area contributed by atoms with Gasteiger partial charge in [0.1, 0.15) is 17.6 Å². The minimum atomic E-state index is -0.0419. The van der Waals surface area contributed by atoms with Gasteiger partial charge in [0.2, 0.25) is 5.78 Å². The molecule has 2 aliphatic carbocycles. The molecule has 0 saturated heterocycles. The summed E-state index contributed by atoms with van der Waals surface area (Å²) in [6.07, 6.45) is 6.78. The molecule has 0 spiro atoms. The smallest absolute Gasteiger partial charge is 0.203 e. The van der Waals surface area contributed by atoms with Gasteiger partial charge < -0.3 is 9.47 Å². The van der Waals surface area contributed by atoms with Gasteiger partial charge in [0.15, 0.2) is 6.61 Å². The van der Waals surface area contributed by atoms with Crippen molar-refractivity contribution in [3.05, 3.63) is 87.9 Å². The molecule has 3 nitrogen and oxygen atoms in total. The highest BCUT2D eigenvalue weighted by atomic mass is 16.5. The van der Waals surface area contributed by atoms with Crippen molar-refractivity contribution < 1.29 is 14.3 Å². The van der Waals surface area contributed by atoms with Crippen molar-refractivity contribution in [1.29, 1.82) is 0 Å². The zero-order valence-corrected chi connectivity index (χ0v) is 13.3. The fourth-order valence-corrected chi connectivity index (χ4v) is 3.88. The molecule has 24 heavy (non-hydrogen) atoms. The molecule has 0 aromatic heterocycles. The molecule has 4 aliphatic rings. The Morgan fingerprint density at radius 2 is 1.83 bits per heavy atom. The first-order chi connectivity index (χ1) is 11.7. The molecule has 0 bridgehead atoms. The van der Waals surface area contributed by atoms with Crippen LogP contribution >= 0.6 is 0 Å². The van der Waals surface area contributed by atoms with Crippen molar-refractivity contribution in [2.75, 3.05) is 6.61 Å². The molecule has 0 fully saturated rings. The third kappa shape index (κ3) is 1.81. The second-order valence-corrected chi connectivity index (χ2v) is 6.41. The van der Waals surface area contributed by atoms with Crippen LogP contribution < -0.4 is 0 Å². The highest BCUT2D eigenvalue weighted by Crippen LogP contribution is 2.46. The third-order valence-electron chi connectivity index (χ3n) is 5.01. The van der Waals surface area contributed by atoms with Crippen LogP contribution in [0.3, 0.4) is 0 Å². The summed E-state index contributed by atoms with van der Waals surface area (Å²) in [6.45, 7) is 2.22. The maximum atomic E-state index is 11.9. The highest BCUT2D eigenvalue weighted by molar-refractivity contribution is 6.02. The topological polar surface area (TPSA) is 35.5 Å². The molecule has 0 saturated carbocycles. The molecule has 2 heterocycles. The van der Waals surface area contributed by atoms with Crippen molar-refractivity contribution in [2.45, 2.75) is 19.4 Å². The van der Waals surface area contributed by atoms with E-state index in [9.17, 15) is 4.79 Å². The van der Waals surface area contributed by atoms with E-state index in [0.29, 0.717) is 12.0 Å². The van der Waals surface area contributed by atoms with Gasteiger partial charge in [-0.15, -0.1) is 0 Å². The number of rotatable bonds is 1. The maximum Gasteiger partial charge on any atom is 0.203 e. The fraction of sp³-hybridized carbons (Fsp3) is 0.190. The van der Waals surface area contributed by atoms with Crippen LogP contribution in [0.1, 0.15) is 18.9 Å². The first kappa shape index (κ1) is 13.6. The molecule has 118 valence electrons. The zero-order chi connectivity index (χ0) is 16.3. The van der Waals surface area contributed by atoms with Crippen LogP contribution in [0.5, 0.6) is 0 Å². The van der Waals surface area contributed by atoms with Crippen molar-refractivity contribution in [2.24, 2.45) is 0 Å². The second-order valence-electron chi connectivity index (χ2n) is 6.41. The summed E-state index contributed by atoms with van der Waals surface area (Å²) in [7, 11) is 0. The van der Waals surface area contributed by atoms with Crippen LogP contribution in [-0.4, -0.2) is 18.5 Å². The van der Waals surface area contributed by atoms with E-state index in [2.05, 4.69) is 43.3 Å². The van der Waals surface area contributed by atoms with Crippen LogP contribution in [0.15, 0.2) is 82.4 Å². The van der Waals surface area contributed by atoms with E-state index in [4.69, 9.17) is 9.47 Å². The average molecular weight is 316 g/mol. The number of allylic oxidation sites excluding steroid dienone is 6. The summed E-state index contributed by atoms with van der Waals surface area (Å²) in [5.41, 5.74) is 6.66. The monoisotopic (exact) mass is 316 g/mol. The van der Waals surface area contributed by atoms with E-state index in [1.54, 1.807) is 0 Å². The zero-order valence-electron chi connectivity index (χ0n) is 13.3. The number of fused-ring (bicyclic) bond motifs is 2. The number of hydrogen-bond donors (Lipinski definition) is 0. The molecule has 3 heteroatoms. The molecule has 5 rings (SSSR count). The minimum absolute atomic E-state index is 0.0419. The average Bonchev–Trinajstić information content (AvgIpc) is 3.20. The number of ether oxygens (including phenoxy) is 2. The van der Waals surface area contributed by atoms with Gasteiger partial charge in [-0.1, -0.05) is 42.5 Å². The molecule has 1 unspecified atom stereocenters. The van der Waals surface area contributed by atoms with Gasteiger partial charge in [0.05, 0.1) is 5.57 Å². The van der Waals surface area contributed by atoms with Gasteiger partial charge >= 0.3 is 0 Å². The lowest BCUT2D eigenvalue weighted by molar-refractivity contribution is -0.116. The molecule has 0 N–H and O–H groups in total. The van der Waals surface area contributed by atoms with Gasteiger partial charge in [0, 0.05) is 17.6 Å². The van der Waals surface area contributed by atoms with Crippen molar-refractivity contribution >= 4 is 11.4 Å². The molecule has 0 amide bonds. The van der Waals surface area contributed by atoms with Crippen LogP contribution in [-0.2, 0) is 14.3 Å². The largest absolute Gasteiger partial charge is 0.489 e. The predicted molar refractivity (Wildman–Crippen MR) is 90.8 cm³/mol. The minimum Gasteiger partial charge on any atom is -0.489 e. The van der Waals surface area contributed by atoms with Gasteiger partial charge in [0.25, 0.3) is 0 Å². The van der Waals surface area contributed by atoms with Gasteiger partial charge in [-0.3, -0.25) is 4.79 Å². The summed E-state index contributed by atoms with van der Waals surface area (Å²) < 4.78 is 11.7. The standard InChI is InChI=1S/C21H16O3/c1-12-21-14(13-5-3-2-4-6-13)7-8-15(21)16-9-19-17(10-20(16)24-12)18(22)11-23-19/h2-8,10,12H,9,11H2,1H3. The lowest BCUT2D eigenvalue weighted by Crippen LogP contribution is -2.22. The quantitative estimate of drug-likeness (QED) is 0.789. The highest BCUT2D eigenvalue weighted by Gasteiger charge is 2.37. The Kier molecular flexibility index (Phi) is 2.75. The van der Waals surface area contributed by atoms with Crippen molar-refractivity contribution in [3.63, 3.8) is 0 Å². The van der Waals surface area contributed by atoms with Crippen LogP contribution in [0.4, 0.5) is 0 Å². The third-order valence-corrected chi connectivity index (χ3v) is 5.01. The summed E-state index contributed by atoms with van der Waals surface area (Å²) >= 11 is 0. The molecule has 0 radical (unpaired) electrons. The van der Waals surface area contributed by atoms with Gasteiger partial charge in [-0.25, -0.2) is 0 Å². The molecule has 1 aromatic rings. The van der Waals surface area contributed by atoms with Crippen LogP contribution in [0.2, 0.25) is 0 Å². The first-order valence-electron chi connectivity index (χ1n) is 8.21. The Labute approximate surface area is 140 Å². The summed E-state index contributed by atoms with van der Waals surface area (Å²) in [6, 6.07) is 10.4. The van der Waals surface area contributed by atoms with E-state index in [1.807, 2.05) is 12.1 Å². The summed E-state index contributed by atoms with van der Waals surface area (Å²) in [5.74, 6) is 1.65. The molecule has 1 aromatic carbocycles. The molecule has 2 aliphatic heterocycles. The summed E-state index contributed by atoms with van der Waals surface area (Å²) in [4.78, 5) is 11.9. The number of carbonyl (C=O) groups excluding carboxylic acids is 1. The number of carbonyl (C=O) groups is 1. The number of benzene rings is 1. The number of hydrogen-bond acceptors (Lipinski definition) is 3. The molecule has 1 atom stereocenters. The lowest BCUT2D eigenvalue weighted by Gasteiger charge is -2.31. The fourth-order valence-electron chi connectivity index (χ4n) is 3.88. The first-order valence-corrected chi connectivity index (χ1v) is 8.21. The Morgan fingerprint density at radius 1 is 1.04 bits per heavy atom. The Bertz CT molecular complexity index is 923. The predicted octanol–water partition coefficient (Wildman–Crippen LogP) is 3.87. The second kappa shape index (κ2) is 4.84. The Balaban J connectivity index is 1.67. The maximum absolute atomic E-state index is 11.9. The number of ketones is 1. The Hall–Kier alpha value is -2.81. The lowest BCUT2D eigenvalue weighted by atomic mass is 9.86. The van der Waals surface area contributed by atoms with Crippen molar-refractivity contribution in [3.8, 4) is 0 Å². The van der Waals surface area contributed by atoms with Crippen LogP contribution in [0, 0.1) is 0 Å². The SMILES string of the molecule is CC1OC2=CC3=C(CC2=C2C=CC(c4ccccc4)=C21)OCC3=O. The summed E-state index contributed by atoms with van der Waals surface area (Å²) in [5, 5.41) is 0. The van der Waals surface area contributed by atoms with E-state index in [1.165, 1.54) is 22.3 Å². The van der Waals surface area contributed by atoms with Crippen LogP contribution in [0.25, 0.3) is 5.57 Å². The Morgan fingerprint density at radius 3 is 2.67 bits per heavy atom. The van der Waals surface area contributed by atoms with Crippen molar-refractivity contribution in [1.82, 2.24) is 0 Å². The van der Waals surface area contributed by atoms with Gasteiger partial charge in [-0.05, 0) is 29.7 Å². The van der Waals surface area contributed by atoms with E-state index in [0.717, 1.165) is 17.1 Å². The molecular weight excluding hydrogens is 300 g/mol. The normalized spacial score (nSPS) is 24.5. The number of Topliss-reactive ketones (excluding diaryl/α,β-unsaturated/α-hetero) is 1. The van der Waals surface area contributed by atoms with E-state index >= 15 is 0 Å². The molecular formula is C21H16O3. The van der Waals surface area contributed by atoms with E-state index in [-0.39, 0.29) is 18.5 Å².